The van der Waals surface area contributed by atoms with E-state index in [2.05, 4.69) is 38.0 Å². The first-order valence-corrected chi connectivity index (χ1v) is 11.1. The van der Waals surface area contributed by atoms with Gasteiger partial charge in [-0.3, -0.25) is 0 Å². The minimum atomic E-state index is 0.744. The lowest BCUT2D eigenvalue weighted by molar-refractivity contribution is 0.413. The van der Waals surface area contributed by atoms with E-state index in [-0.39, 0.29) is 0 Å². The molecule has 152 valence electrons. The minimum Gasteiger partial charge on any atom is -0.495 e. The topological polar surface area (TPSA) is 41.5 Å². The van der Waals surface area contributed by atoms with Crippen LogP contribution in [0.15, 0.2) is 60.9 Å². The van der Waals surface area contributed by atoms with E-state index in [9.17, 15) is 0 Å². The molecule has 0 atom stereocenters. The van der Waals surface area contributed by atoms with Crippen LogP contribution >= 0.6 is 22.9 Å². The number of fused-ring (bicyclic) bond motifs is 1. The number of rotatable bonds is 4. The zero-order chi connectivity index (χ0) is 20.5. The molecule has 0 spiro atoms. The van der Waals surface area contributed by atoms with E-state index in [1.807, 2.05) is 36.4 Å². The van der Waals surface area contributed by atoms with Crippen molar-refractivity contribution in [1.29, 1.82) is 0 Å². The van der Waals surface area contributed by atoms with Crippen LogP contribution in [0.5, 0.6) is 5.75 Å². The van der Waals surface area contributed by atoms with Crippen LogP contribution < -0.4 is 14.5 Å². The van der Waals surface area contributed by atoms with Crippen LogP contribution in [0.4, 0.5) is 11.5 Å². The molecule has 5 rings (SSSR count). The van der Waals surface area contributed by atoms with Crippen LogP contribution in [0.25, 0.3) is 20.7 Å². The Kier molecular flexibility index (Phi) is 5.19. The molecule has 0 saturated carbocycles. The summed E-state index contributed by atoms with van der Waals surface area (Å²) in [6, 6.07) is 18.3. The molecule has 1 fully saturated rings. The van der Waals surface area contributed by atoms with Gasteiger partial charge in [0.1, 0.15) is 17.9 Å². The maximum Gasteiger partial charge on any atom is 0.150 e. The van der Waals surface area contributed by atoms with E-state index in [4.69, 9.17) is 16.3 Å². The predicted octanol–water partition coefficient (Wildman–Crippen LogP) is 5.35. The first-order valence-electron chi connectivity index (χ1n) is 9.86. The third-order valence-electron chi connectivity index (χ3n) is 5.43. The van der Waals surface area contributed by atoms with Gasteiger partial charge in [0, 0.05) is 36.1 Å². The second-order valence-electron chi connectivity index (χ2n) is 7.18. The lowest BCUT2D eigenvalue weighted by Gasteiger charge is -2.37. The second kappa shape index (κ2) is 8.13. The smallest absolute Gasteiger partial charge is 0.150 e. The van der Waals surface area contributed by atoms with Crippen molar-refractivity contribution in [3.8, 4) is 16.2 Å². The molecule has 0 unspecified atom stereocenters. The van der Waals surface area contributed by atoms with Crippen molar-refractivity contribution >= 4 is 44.7 Å². The number of thiophene rings is 1. The van der Waals surface area contributed by atoms with E-state index >= 15 is 0 Å². The largest absolute Gasteiger partial charge is 0.495 e. The van der Waals surface area contributed by atoms with Crippen LogP contribution in [0.2, 0.25) is 5.02 Å². The van der Waals surface area contributed by atoms with Crippen molar-refractivity contribution < 1.29 is 4.74 Å². The Bertz CT molecular complexity index is 1170. The number of aromatic nitrogens is 2. The van der Waals surface area contributed by atoms with Crippen molar-refractivity contribution in [2.24, 2.45) is 0 Å². The number of piperazine rings is 1. The first-order chi connectivity index (χ1) is 14.7. The zero-order valence-electron chi connectivity index (χ0n) is 16.6. The van der Waals surface area contributed by atoms with Gasteiger partial charge < -0.3 is 14.5 Å². The monoisotopic (exact) mass is 436 g/mol. The van der Waals surface area contributed by atoms with Crippen LogP contribution in [-0.4, -0.2) is 43.3 Å². The second-order valence-corrected chi connectivity index (χ2v) is 8.66. The number of ether oxygens (including phenoxy) is 1. The Labute approximate surface area is 184 Å². The summed E-state index contributed by atoms with van der Waals surface area (Å²) < 4.78 is 6.67. The average Bonchev–Trinajstić information content (AvgIpc) is 3.24. The molecule has 30 heavy (non-hydrogen) atoms. The fourth-order valence-electron chi connectivity index (χ4n) is 3.87. The SMILES string of the molecule is COc1ccccc1N1CCN(c2ncnc3cc(-c4ccc(Cl)cc4)sc23)CC1. The van der Waals surface area contributed by atoms with Crippen molar-refractivity contribution in [3.63, 3.8) is 0 Å². The lowest BCUT2D eigenvalue weighted by Crippen LogP contribution is -2.47. The fourth-order valence-corrected chi connectivity index (χ4v) is 5.13. The first kappa shape index (κ1) is 19.2. The maximum atomic E-state index is 6.04. The van der Waals surface area contributed by atoms with Gasteiger partial charge >= 0.3 is 0 Å². The van der Waals surface area contributed by atoms with E-state index in [1.165, 1.54) is 4.88 Å². The maximum absolute atomic E-state index is 6.04. The summed E-state index contributed by atoms with van der Waals surface area (Å²) >= 11 is 7.78. The lowest BCUT2D eigenvalue weighted by atomic mass is 10.2. The molecule has 1 aliphatic rings. The highest BCUT2D eigenvalue weighted by Crippen LogP contribution is 2.38. The van der Waals surface area contributed by atoms with Gasteiger partial charge in [0.25, 0.3) is 0 Å². The van der Waals surface area contributed by atoms with Gasteiger partial charge in [-0.25, -0.2) is 9.97 Å². The summed E-state index contributed by atoms with van der Waals surface area (Å²) in [5.41, 5.74) is 3.28. The Morgan fingerprint density at radius 3 is 2.43 bits per heavy atom. The summed E-state index contributed by atoms with van der Waals surface area (Å²) in [5, 5.41) is 0.744. The number of hydrogen-bond donors (Lipinski definition) is 0. The number of anilines is 2. The highest BCUT2D eigenvalue weighted by Gasteiger charge is 2.23. The number of para-hydroxylation sites is 2. The summed E-state index contributed by atoms with van der Waals surface area (Å²) in [6.45, 7) is 3.64. The normalized spacial score (nSPS) is 14.3. The van der Waals surface area contributed by atoms with Gasteiger partial charge in [0.2, 0.25) is 0 Å². The molecule has 7 heteroatoms. The van der Waals surface area contributed by atoms with Gasteiger partial charge in [-0.15, -0.1) is 11.3 Å². The number of nitrogens with zero attached hydrogens (tertiary/aromatic N) is 4. The van der Waals surface area contributed by atoms with Gasteiger partial charge in [-0.05, 0) is 35.9 Å². The highest BCUT2D eigenvalue weighted by atomic mass is 35.5. The standard InChI is InChI=1S/C23H21ClN4OS/c1-29-20-5-3-2-4-19(20)27-10-12-28(13-11-27)23-22-18(25-15-26-23)14-21(30-22)16-6-8-17(24)9-7-16/h2-9,14-15H,10-13H2,1H3. The molecular formula is C23H21ClN4OS. The molecule has 0 radical (unpaired) electrons. The van der Waals surface area contributed by atoms with Gasteiger partial charge in [-0.2, -0.15) is 0 Å². The summed E-state index contributed by atoms with van der Waals surface area (Å²) in [5.74, 6) is 1.94. The summed E-state index contributed by atoms with van der Waals surface area (Å²) in [6.07, 6.45) is 1.67. The Balaban J connectivity index is 1.40. The third kappa shape index (κ3) is 3.57. The van der Waals surface area contributed by atoms with Gasteiger partial charge in [0.15, 0.2) is 0 Å². The predicted molar refractivity (Wildman–Crippen MR) is 125 cm³/mol. The van der Waals surface area contributed by atoms with Crippen LogP contribution in [0.1, 0.15) is 0 Å². The van der Waals surface area contributed by atoms with Gasteiger partial charge in [0.05, 0.1) is 23.0 Å². The van der Waals surface area contributed by atoms with Crippen molar-refractivity contribution in [2.75, 3.05) is 43.1 Å². The third-order valence-corrected chi connectivity index (χ3v) is 6.85. The molecule has 3 heterocycles. The molecule has 0 aliphatic carbocycles. The molecule has 0 N–H and O–H groups in total. The number of halogens is 1. The Hall–Kier alpha value is -2.83. The van der Waals surface area contributed by atoms with Crippen molar-refractivity contribution in [3.05, 3.63) is 65.9 Å². The molecule has 4 aromatic rings. The summed E-state index contributed by atoms with van der Waals surface area (Å²) in [7, 11) is 1.72. The van der Waals surface area contributed by atoms with E-state index in [1.54, 1.807) is 24.8 Å². The van der Waals surface area contributed by atoms with Crippen LogP contribution in [0.3, 0.4) is 0 Å². The molecule has 2 aromatic carbocycles. The van der Waals surface area contributed by atoms with Gasteiger partial charge in [-0.1, -0.05) is 35.9 Å². The zero-order valence-corrected chi connectivity index (χ0v) is 18.2. The molecule has 0 amide bonds. The van der Waals surface area contributed by atoms with Crippen molar-refractivity contribution in [2.45, 2.75) is 0 Å². The van der Waals surface area contributed by atoms with Crippen molar-refractivity contribution in [1.82, 2.24) is 9.97 Å². The average molecular weight is 437 g/mol. The van der Waals surface area contributed by atoms with E-state index < -0.39 is 0 Å². The number of benzene rings is 2. The summed E-state index contributed by atoms with van der Waals surface area (Å²) in [4.78, 5) is 15.1. The highest BCUT2D eigenvalue weighted by molar-refractivity contribution is 7.22. The molecule has 0 bridgehead atoms. The van der Waals surface area contributed by atoms with E-state index in [0.717, 1.165) is 64.2 Å². The molecule has 2 aromatic heterocycles. The molecule has 5 nitrogen and oxygen atoms in total. The minimum absolute atomic E-state index is 0.744. The molecule has 1 saturated heterocycles. The molecular weight excluding hydrogens is 416 g/mol. The molecule has 1 aliphatic heterocycles. The number of hydrogen-bond acceptors (Lipinski definition) is 6. The number of methoxy groups -OCH3 is 1. The fraction of sp³-hybridized carbons (Fsp3) is 0.217. The Morgan fingerprint density at radius 1 is 0.933 bits per heavy atom. The van der Waals surface area contributed by atoms with Crippen LogP contribution in [0, 0.1) is 0 Å². The Morgan fingerprint density at radius 2 is 1.67 bits per heavy atom. The van der Waals surface area contributed by atoms with Crippen LogP contribution in [-0.2, 0) is 0 Å². The van der Waals surface area contributed by atoms with E-state index in [0.29, 0.717) is 0 Å². The quantitative estimate of drug-likeness (QED) is 0.431.